The fourth-order valence-corrected chi connectivity index (χ4v) is 3.06. The first-order chi connectivity index (χ1) is 11.3. The molecule has 0 aliphatic carbocycles. The molecule has 2 radical (unpaired) electrons. The molecule has 3 aromatic rings. The highest BCUT2D eigenvalue weighted by atomic mass is 28.2. The van der Waals surface area contributed by atoms with Crippen LogP contribution in [0.4, 0.5) is 11.5 Å². The number of nitrogens with zero attached hydrogens (tertiary/aromatic N) is 5. The van der Waals surface area contributed by atoms with Crippen molar-refractivity contribution in [2.24, 2.45) is 0 Å². The van der Waals surface area contributed by atoms with Gasteiger partial charge >= 0.3 is 0 Å². The van der Waals surface area contributed by atoms with Gasteiger partial charge in [0.25, 0.3) is 0 Å². The molecule has 1 aliphatic rings. The predicted octanol–water partition coefficient (Wildman–Crippen LogP) is 1.43. The first kappa shape index (κ1) is 14.3. The highest BCUT2D eigenvalue weighted by Crippen LogP contribution is 2.33. The number of nitrogens with one attached hydrogen (secondary N) is 2. The second-order valence-corrected chi connectivity index (χ2v) is 7.02. The zero-order valence-corrected chi connectivity index (χ0v) is 14.0. The molecular formula is C14H17N7OSi. The average Bonchev–Trinajstić information content (AvgIpc) is 3.21. The topological polar surface area (TPSA) is 93.5 Å². The van der Waals surface area contributed by atoms with Gasteiger partial charge in [0.05, 0.1) is 46.4 Å². The highest BCUT2D eigenvalue weighted by Gasteiger charge is 2.29. The number of aromatic nitrogens is 6. The number of ether oxygens (including phenoxy) is 1. The first-order valence-corrected chi connectivity index (χ1v) is 8.77. The monoisotopic (exact) mass is 327 g/mol. The Morgan fingerprint density at radius 3 is 3.09 bits per heavy atom. The molecule has 0 amide bonds. The summed E-state index contributed by atoms with van der Waals surface area (Å²) in [4.78, 5) is 9.29. The molecule has 8 nitrogen and oxygen atoms in total. The van der Waals surface area contributed by atoms with Gasteiger partial charge in [-0.2, -0.15) is 10.2 Å². The lowest BCUT2D eigenvalue weighted by molar-refractivity contribution is 0.183. The summed E-state index contributed by atoms with van der Waals surface area (Å²) >= 11 is 0. The fourth-order valence-electron chi connectivity index (χ4n) is 2.45. The summed E-state index contributed by atoms with van der Waals surface area (Å²) in [6.45, 7) is 3.38. The number of hydrogen-bond donors (Lipinski definition) is 2. The third-order valence-corrected chi connectivity index (χ3v) is 4.98. The summed E-state index contributed by atoms with van der Waals surface area (Å²) in [6, 6.07) is 1.19. The normalized spacial score (nSPS) is 16.9. The summed E-state index contributed by atoms with van der Waals surface area (Å²) in [6.07, 6.45) is 3.56. The third-order valence-electron chi connectivity index (χ3n) is 3.90. The maximum atomic E-state index is 5.11. The van der Waals surface area contributed by atoms with Gasteiger partial charge in [-0.1, -0.05) is 6.04 Å². The molecule has 1 unspecified atom stereocenters. The second kappa shape index (κ2) is 5.74. The van der Waals surface area contributed by atoms with E-state index in [1.165, 1.54) is 6.04 Å². The number of methoxy groups -OCH3 is 1. The number of H-pyrrole nitrogens is 1. The minimum Gasteiger partial charge on any atom is -0.383 e. The van der Waals surface area contributed by atoms with Crippen LogP contribution in [0.5, 0.6) is 0 Å². The zero-order valence-electron chi connectivity index (χ0n) is 13.0. The average molecular weight is 327 g/mol. The van der Waals surface area contributed by atoms with Crippen LogP contribution >= 0.6 is 0 Å². The van der Waals surface area contributed by atoms with Gasteiger partial charge in [0, 0.05) is 12.7 Å². The van der Waals surface area contributed by atoms with Crippen molar-refractivity contribution in [3.63, 3.8) is 0 Å². The van der Waals surface area contributed by atoms with Gasteiger partial charge in [-0.3, -0.25) is 9.78 Å². The Morgan fingerprint density at radius 1 is 1.43 bits per heavy atom. The van der Waals surface area contributed by atoms with E-state index in [-0.39, 0.29) is 0 Å². The Kier molecular flexibility index (Phi) is 3.58. The van der Waals surface area contributed by atoms with Crippen LogP contribution in [0.3, 0.4) is 0 Å². The zero-order chi connectivity index (χ0) is 15.8. The summed E-state index contributed by atoms with van der Waals surface area (Å²) in [5, 5.41) is 14.8. The van der Waals surface area contributed by atoms with Crippen LogP contribution < -0.4 is 5.32 Å². The van der Waals surface area contributed by atoms with Crippen LogP contribution in [0.1, 0.15) is 17.1 Å². The molecule has 23 heavy (non-hydrogen) atoms. The van der Waals surface area contributed by atoms with Crippen LogP contribution in [0, 0.1) is 6.92 Å². The van der Waals surface area contributed by atoms with Gasteiger partial charge < -0.3 is 10.1 Å². The quantitative estimate of drug-likeness (QED) is 0.665. The van der Waals surface area contributed by atoms with Gasteiger partial charge in [-0.15, -0.1) is 0 Å². The van der Waals surface area contributed by atoms with Crippen molar-refractivity contribution in [3.8, 4) is 0 Å². The van der Waals surface area contributed by atoms with Crippen molar-refractivity contribution < 1.29 is 4.74 Å². The maximum Gasteiger partial charge on any atom is 0.160 e. The second-order valence-electron chi connectivity index (χ2n) is 5.51. The van der Waals surface area contributed by atoms with Gasteiger partial charge in [0.1, 0.15) is 16.9 Å². The molecule has 4 rings (SSSR count). The summed E-state index contributed by atoms with van der Waals surface area (Å²) in [5.41, 5.74) is 4.16. The van der Waals surface area contributed by atoms with Crippen molar-refractivity contribution in [3.05, 3.63) is 23.9 Å². The molecule has 1 saturated heterocycles. The minimum absolute atomic E-state index is 0.514. The van der Waals surface area contributed by atoms with E-state index in [0.717, 1.165) is 50.1 Å². The molecule has 9 heteroatoms. The Morgan fingerprint density at radius 2 is 2.30 bits per heavy atom. The molecule has 4 heterocycles. The van der Waals surface area contributed by atoms with Crippen LogP contribution in [-0.2, 0) is 11.3 Å². The van der Waals surface area contributed by atoms with Gasteiger partial charge in [0.15, 0.2) is 5.82 Å². The van der Waals surface area contributed by atoms with Crippen LogP contribution in [0.15, 0.2) is 12.4 Å². The van der Waals surface area contributed by atoms with Crippen molar-refractivity contribution in [2.45, 2.75) is 25.1 Å². The highest BCUT2D eigenvalue weighted by molar-refractivity contribution is 6.50. The number of hydrogen-bond acceptors (Lipinski definition) is 6. The molecule has 0 aromatic carbocycles. The van der Waals surface area contributed by atoms with Gasteiger partial charge in [-0.25, -0.2) is 9.97 Å². The Bertz CT molecular complexity index is 839. The van der Waals surface area contributed by atoms with E-state index in [1.807, 2.05) is 17.8 Å². The van der Waals surface area contributed by atoms with E-state index >= 15 is 0 Å². The van der Waals surface area contributed by atoms with E-state index in [9.17, 15) is 0 Å². The Hall–Kier alpha value is -2.26. The molecule has 2 N–H and O–H groups in total. The Labute approximate surface area is 135 Å². The van der Waals surface area contributed by atoms with Gasteiger partial charge in [-0.05, 0) is 6.92 Å². The Balaban J connectivity index is 1.67. The standard InChI is InChI=1S/C14H17N7OSi/c1-8-9(6-16-21(8)3-4-22-2)17-14-12-10(5-15-20-12)18-13(19-14)11-7-23-11/h5-6,11H,3-4,7H2,1-2H3,(H,15,20)(H,17,18,19). The van der Waals surface area contributed by atoms with E-state index in [1.54, 1.807) is 13.3 Å². The van der Waals surface area contributed by atoms with Crippen LogP contribution in [0.2, 0.25) is 6.04 Å². The van der Waals surface area contributed by atoms with Crippen molar-refractivity contribution in [2.75, 3.05) is 19.0 Å². The molecule has 0 saturated carbocycles. The lowest BCUT2D eigenvalue weighted by atomic mass is 10.3. The minimum atomic E-state index is 0.514. The number of anilines is 2. The molecule has 1 aliphatic heterocycles. The number of rotatable bonds is 6. The smallest absolute Gasteiger partial charge is 0.160 e. The lowest BCUT2D eigenvalue weighted by Gasteiger charge is -2.08. The molecule has 1 fully saturated rings. The van der Waals surface area contributed by atoms with E-state index in [4.69, 9.17) is 9.72 Å². The number of aromatic amines is 1. The van der Waals surface area contributed by atoms with E-state index in [0.29, 0.717) is 12.1 Å². The fraction of sp³-hybridized carbons (Fsp3) is 0.429. The third kappa shape index (κ3) is 2.72. The molecule has 1 atom stereocenters. The molecule has 0 spiro atoms. The van der Waals surface area contributed by atoms with Crippen LogP contribution in [0.25, 0.3) is 11.0 Å². The van der Waals surface area contributed by atoms with Crippen molar-refractivity contribution in [1.29, 1.82) is 0 Å². The molecular weight excluding hydrogens is 310 g/mol. The maximum absolute atomic E-state index is 5.11. The first-order valence-electron chi connectivity index (χ1n) is 7.49. The SMILES string of the molecule is COCCn1ncc(Nc2nc(C3C[Si]3)nc3cn[nH]c23)c1C. The summed E-state index contributed by atoms with van der Waals surface area (Å²) < 4.78 is 7.03. The largest absolute Gasteiger partial charge is 0.383 e. The van der Waals surface area contributed by atoms with Crippen molar-refractivity contribution in [1.82, 2.24) is 29.9 Å². The predicted molar refractivity (Wildman–Crippen MR) is 87.1 cm³/mol. The molecule has 118 valence electrons. The van der Waals surface area contributed by atoms with E-state index < -0.39 is 0 Å². The lowest BCUT2D eigenvalue weighted by Crippen LogP contribution is -2.08. The summed E-state index contributed by atoms with van der Waals surface area (Å²) in [5.74, 6) is 1.66. The van der Waals surface area contributed by atoms with Crippen molar-refractivity contribution >= 4 is 32.1 Å². The number of fused-ring (bicyclic) bond motifs is 1. The summed E-state index contributed by atoms with van der Waals surface area (Å²) in [7, 11) is 2.62. The molecule has 3 aromatic heterocycles. The van der Waals surface area contributed by atoms with E-state index in [2.05, 4.69) is 25.6 Å². The van der Waals surface area contributed by atoms with Gasteiger partial charge in [0.2, 0.25) is 0 Å². The van der Waals surface area contributed by atoms with Crippen LogP contribution in [-0.4, -0.2) is 53.2 Å². The molecule has 0 bridgehead atoms.